The molecule has 2 atom stereocenters. The molecule has 1 aliphatic carbocycles. The zero-order valence-corrected chi connectivity index (χ0v) is 27.0. The van der Waals surface area contributed by atoms with Crippen LogP contribution >= 0.6 is 0 Å². The molecule has 0 N–H and O–H groups in total. The zero-order valence-electron chi connectivity index (χ0n) is 27.0. The molecule has 0 spiro atoms. The van der Waals surface area contributed by atoms with Gasteiger partial charge in [-0.2, -0.15) is 0 Å². The first-order valence-electron chi connectivity index (χ1n) is 17.4. The number of para-hydroxylation sites is 2. The second-order valence-corrected chi connectivity index (χ2v) is 13.7. The largest absolute Gasteiger partial charge is 0.308 e. The topological polar surface area (TPSA) is 34.1 Å². The molecule has 3 aromatic heterocycles. The molecule has 0 saturated carbocycles. The Bertz CT molecular complexity index is 3210. The zero-order chi connectivity index (χ0) is 32.5. The molecule has 0 amide bonds. The maximum Gasteiger partial charge on any atom is 0.157 e. The summed E-state index contributed by atoms with van der Waals surface area (Å²) >= 11 is 0. The summed E-state index contributed by atoms with van der Waals surface area (Å²) in [5.74, 6) is 1.77. The Morgan fingerprint density at radius 3 is 2.02 bits per heavy atom. The number of rotatable bonds is 1. The number of amidine groups is 1. The molecule has 12 rings (SSSR count). The summed E-state index contributed by atoms with van der Waals surface area (Å²) < 4.78 is 4.96. The van der Waals surface area contributed by atoms with E-state index in [0.717, 1.165) is 22.6 Å². The molecule has 7 aromatic carbocycles. The molecule has 2 unspecified atom stereocenters. The van der Waals surface area contributed by atoms with Crippen molar-refractivity contribution in [3.05, 3.63) is 163 Å². The molecular formula is C46H28N4. The minimum Gasteiger partial charge on any atom is -0.308 e. The average molecular weight is 637 g/mol. The maximum absolute atomic E-state index is 5.59. The first-order valence-corrected chi connectivity index (χ1v) is 17.4. The van der Waals surface area contributed by atoms with Crippen LogP contribution < -0.4 is 0 Å². The number of aliphatic imine (C=N–C) groups is 2. The SMILES string of the molecule is C1=CC2N=C(c3cccc4ccccc34)N=C(n3c4ccc5ccccc5c4c4c5c6ccccc6n6c7ccccc7c(cc43)c56)C2C=C1. The first-order chi connectivity index (χ1) is 24.8. The molecule has 2 aliphatic rings. The molecule has 1 aliphatic heterocycles. The maximum atomic E-state index is 5.59. The minimum absolute atomic E-state index is 0.0121. The molecule has 10 aromatic rings. The van der Waals surface area contributed by atoms with Gasteiger partial charge in [-0.05, 0) is 45.8 Å². The van der Waals surface area contributed by atoms with Crippen LogP contribution in [0.15, 0.2) is 168 Å². The molecule has 50 heavy (non-hydrogen) atoms. The van der Waals surface area contributed by atoms with Gasteiger partial charge in [0, 0.05) is 37.9 Å². The van der Waals surface area contributed by atoms with E-state index in [-0.39, 0.29) is 12.0 Å². The first kappa shape index (κ1) is 26.4. The van der Waals surface area contributed by atoms with E-state index in [1.165, 1.54) is 76.1 Å². The highest BCUT2D eigenvalue weighted by Gasteiger charge is 2.33. The highest BCUT2D eigenvalue weighted by Crippen LogP contribution is 2.48. The number of aromatic nitrogens is 2. The Morgan fingerprint density at radius 1 is 0.480 bits per heavy atom. The van der Waals surface area contributed by atoms with Crippen molar-refractivity contribution >= 4 is 93.1 Å². The summed E-state index contributed by atoms with van der Waals surface area (Å²) in [4.78, 5) is 10.9. The molecule has 0 bridgehead atoms. The molecule has 4 nitrogen and oxygen atoms in total. The van der Waals surface area contributed by atoms with Crippen molar-refractivity contribution in [3.63, 3.8) is 0 Å². The minimum atomic E-state index is -0.0593. The van der Waals surface area contributed by atoms with Gasteiger partial charge in [0.15, 0.2) is 5.84 Å². The fraction of sp³-hybridized carbons (Fsp3) is 0.0435. The van der Waals surface area contributed by atoms with Crippen LogP contribution in [0.1, 0.15) is 5.56 Å². The predicted molar refractivity (Wildman–Crippen MR) is 210 cm³/mol. The Labute approximate surface area is 286 Å². The monoisotopic (exact) mass is 636 g/mol. The third-order valence-corrected chi connectivity index (χ3v) is 11.1. The van der Waals surface area contributed by atoms with Crippen molar-refractivity contribution in [1.29, 1.82) is 0 Å². The number of allylic oxidation sites excluding steroid dienone is 2. The lowest BCUT2D eigenvalue weighted by atomic mass is 9.92. The van der Waals surface area contributed by atoms with Gasteiger partial charge >= 0.3 is 0 Å². The average Bonchev–Trinajstić information content (AvgIpc) is 3.82. The van der Waals surface area contributed by atoms with Crippen LogP contribution in [0.3, 0.4) is 0 Å². The molecule has 232 valence electrons. The van der Waals surface area contributed by atoms with E-state index in [1.807, 2.05) is 0 Å². The van der Waals surface area contributed by atoms with Gasteiger partial charge in [-0.1, -0.05) is 133 Å². The lowest BCUT2D eigenvalue weighted by molar-refractivity contribution is 0.693. The summed E-state index contributed by atoms with van der Waals surface area (Å²) in [6.45, 7) is 0. The Kier molecular flexibility index (Phi) is 5.05. The van der Waals surface area contributed by atoms with Crippen molar-refractivity contribution in [1.82, 2.24) is 8.97 Å². The summed E-state index contributed by atoms with van der Waals surface area (Å²) in [7, 11) is 0. The normalized spacial score (nSPS) is 17.7. The number of nitrogens with zero attached hydrogens (tertiary/aromatic N) is 4. The van der Waals surface area contributed by atoms with Crippen molar-refractivity contribution in [3.8, 4) is 0 Å². The van der Waals surface area contributed by atoms with Gasteiger partial charge < -0.3 is 4.40 Å². The van der Waals surface area contributed by atoms with Gasteiger partial charge in [-0.3, -0.25) is 9.56 Å². The molecule has 0 radical (unpaired) electrons. The van der Waals surface area contributed by atoms with Crippen LogP contribution in [-0.4, -0.2) is 26.7 Å². The van der Waals surface area contributed by atoms with Crippen molar-refractivity contribution in [2.75, 3.05) is 0 Å². The van der Waals surface area contributed by atoms with Crippen molar-refractivity contribution in [2.45, 2.75) is 6.04 Å². The smallest absolute Gasteiger partial charge is 0.157 e. The number of hydrogen-bond donors (Lipinski definition) is 0. The van der Waals surface area contributed by atoms with Gasteiger partial charge in [-0.15, -0.1) is 0 Å². The lowest BCUT2D eigenvalue weighted by Gasteiger charge is -2.29. The van der Waals surface area contributed by atoms with E-state index in [9.17, 15) is 0 Å². The van der Waals surface area contributed by atoms with Crippen LogP contribution in [0, 0.1) is 5.92 Å². The van der Waals surface area contributed by atoms with Gasteiger partial charge in [-0.25, -0.2) is 4.99 Å². The number of hydrogen-bond acceptors (Lipinski definition) is 2. The van der Waals surface area contributed by atoms with Crippen molar-refractivity contribution in [2.24, 2.45) is 15.9 Å². The molecule has 4 heterocycles. The Morgan fingerprint density at radius 2 is 1.16 bits per heavy atom. The van der Waals surface area contributed by atoms with Gasteiger partial charge in [0.2, 0.25) is 0 Å². The number of fused-ring (bicyclic) bond motifs is 14. The van der Waals surface area contributed by atoms with Crippen LogP contribution in [0.2, 0.25) is 0 Å². The van der Waals surface area contributed by atoms with Crippen LogP contribution in [0.5, 0.6) is 0 Å². The van der Waals surface area contributed by atoms with E-state index in [0.29, 0.717) is 0 Å². The predicted octanol–water partition coefficient (Wildman–Crippen LogP) is 11.1. The van der Waals surface area contributed by atoms with E-state index in [2.05, 4.69) is 167 Å². The Balaban J connectivity index is 1.30. The van der Waals surface area contributed by atoms with E-state index >= 15 is 0 Å². The molecule has 0 saturated heterocycles. The standard InChI is InChI=1S/C46H28N4/c1-3-15-29-27(12-1)14-11-20-32(29)45-47-36-21-8-5-18-33(36)46(48-45)50-39-25-24-28-13-2-4-16-30(28)41(39)43-40(50)26-35-31-17-6-9-22-37(31)49-38-23-10-7-19-34(38)42(43)44(35)49/h1-26,33,36H. The fourth-order valence-electron chi connectivity index (χ4n) is 9.08. The summed E-state index contributed by atoms with van der Waals surface area (Å²) in [5.41, 5.74) is 7.17. The fourth-order valence-corrected chi connectivity index (χ4v) is 9.08. The van der Waals surface area contributed by atoms with Crippen LogP contribution in [-0.2, 0) is 0 Å². The second-order valence-electron chi connectivity index (χ2n) is 13.7. The lowest BCUT2D eigenvalue weighted by Crippen LogP contribution is -2.35. The molecule has 0 fully saturated rings. The van der Waals surface area contributed by atoms with Crippen LogP contribution in [0.4, 0.5) is 0 Å². The number of benzene rings is 7. The summed E-state index contributed by atoms with van der Waals surface area (Å²) in [6.07, 6.45) is 8.80. The third kappa shape index (κ3) is 3.30. The van der Waals surface area contributed by atoms with Crippen LogP contribution in [0.25, 0.3) is 81.4 Å². The van der Waals surface area contributed by atoms with Gasteiger partial charge in [0.25, 0.3) is 0 Å². The third-order valence-electron chi connectivity index (χ3n) is 11.1. The van der Waals surface area contributed by atoms with Gasteiger partial charge in [0.05, 0.1) is 39.5 Å². The summed E-state index contributed by atoms with van der Waals surface area (Å²) in [5, 5.41) is 12.5. The molecular weight excluding hydrogens is 609 g/mol. The quantitative estimate of drug-likeness (QED) is 0.172. The van der Waals surface area contributed by atoms with E-state index in [4.69, 9.17) is 9.98 Å². The Hall–Kier alpha value is -6.52. The highest BCUT2D eigenvalue weighted by atomic mass is 15.1. The van der Waals surface area contributed by atoms with Crippen molar-refractivity contribution < 1.29 is 0 Å². The summed E-state index contributed by atoms with van der Waals surface area (Å²) in [6, 6.07) is 48.5. The highest BCUT2D eigenvalue weighted by molar-refractivity contribution is 6.39. The van der Waals surface area contributed by atoms with E-state index in [1.54, 1.807) is 0 Å². The second kappa shape index (κ2) is 9.55. The molecule has 4 heteroatoms. The van der Waals surface area contributed by atoms with Gasteiger partial charge in [0.1, 0.15) is 5.84 Å². The van der Waals surface area contributed by atoms with E-state index < -0.39 is 0 Å².